The Balaban J connectivity index is 1.46. The summed E-state index contributed by atoms with van der Waals surface area (Å²) < 4.78 is 19.5. The Morgan fingerprint density at radius 1 is 1.28 bits per heavy atom. The van der Waals surface area contributed by atoms with Gasteiger partial charge in [-0.25, -0.2) is 14.4 Å². The maximum absolute atomic E-state index is 14.0. The molecule has 6 nitrogen and oxygen atoms in total. The molecular weight excluding hydrogens is 415 g/mol. The minimum Gasteiger partial charge on any atom is -0.436 e. The average molecular weight is 433 g/mol. The summed E-state index contributed by atoms with van der Waals surface area (Å²) in [6, 6.07) is 9.60. The lowest BCUT2D eigenvalue weighted by atomic mass is 10.2. The molecule has 0 bridgehead atoms. The van der Waals surface area contributed by atoms with E-state index in [0.717, 1.165) is 4.88 Å². The number of nitrogens with zero attached hydrogens (tertiary/aromatic N) is 4. The lowest BCUT2D eigenvalue weighted by molar-refractivity contribution is 0.0678. The van der Waals surface area contributed by atoms with Gasteiger partial charge >= 0.3 is 0 Å². The van der Waals surface area contributed by atoms with Crippen LogP contribution in [-0.4, -0.2) is 46.5 Å². The standard InChI is InChI=1S/C20H18ClFN4O2S/c1-13-11-25(6-7-26(13)20(27)17-3-2-8-29-17)18-10-19(24-12-23-18)28-16-5-4-14(21)9-15(16)22/h2-5,8-10,12-13H,6-7,11H2,1H3. The summed E-state index contributed by atoms with van der Waals surface area (Å²) in [6.45, 7) is 3.86. The van der Waals surface area contributed by atoms with Crippen molar-refractivity contribution < 1.29 is 13.9 Å². The van der Waals surface area contributed by atoms with Crippen molar-refractivity contribution in [1.82, 2.24) is 14.9 Å². The average Bonchev–Trinajstić information content (AvgIpc) is 3.25. The molecule has 3 heterocycles. The first-order chi connectivity index (χ1) is 14.0. The van der Waals surface area contributed by atoms with Crippen LogP contribution in [0.3, 0.4) is 0 Å². The molecule has 0 aliphatic carbocycles. The van der Waals surface area contributed by atoms with E-state index in [1.165, 1.54) is 29.8 Å². The maximum atomic E-state index is 14.0. The highest BCUT2D eigenvalue weighted by molar-refractivity contribution is 7.12. The number of piperazine rings is 1. The molecule has 29 heavy (non-hydrogen) atoms. The summed E-state index contributed by atoms with van der Waals surface area (Å²) >= 11 is 7.22. The van der Waals surface area contributed by atoms with Gasteiger partial charge in [-0.2, -0.15) is 0 Å². The van der Waals surface area contributed by atoms with Crippen molar-refractivity contribution >= 4 is 34.7 Å². The molecule has 1 aliphatic heterocycles. The van der Waals surface area contributed by atoms with Gasteiger partial charge in [-0.1, -0.05) is 17.7 Å². The van der Waals surface area contributed by atoms with Gasteiger partial charge in [0.25, 0.3) is 5.91 Å². The Morgan fingerprint density at radius 2 is 2.14 bits per heavy atom. The number of rotatable bonds is 4. The molecular formula is C20H18ClFN4O2S. The van der Waals surface area contributed by atoms with E-state index in [2.05, 4.69) is 14.9 Å². The van der Waals surface area contributed by atoms with Crippen LogP contribution < -0.4 is 9.64 Å². The van der Waals surface area contributed by atoms with E-state index < -0.39 is 5.82 Å². The Labute approximate surface area is 176 Å². The number of carbonyl (C=O) groups is 1. The van der Waals surface area contributed by atoms with E-state index in [1.807, 2.05) is 29.3 Å². The zero-order chi connectivity index (χ0) is 20.4. The highest BCUT2D eigenvalue weighted by Gasteiger charge is 2.29. The largest absolute Gasteiger partial charge is 0.436 e. The molecule has 0 radical (unpaired) electrons. The van der Waals surface area contributed by atoms with Gasteiger partial charge in [0.15, 0.2) is 11.6 Å². The third-order valence-corrected chi connectivity index (χ3v) is 5.77. The number of amides is 1. The fourth-order valence-corrected chi connectivity index (χ4v) is 4.08. The zero-order valence-electron chi connectivity index (χ0n) is 15.6. The van der Waals surface area contributed by atoms with E-state index in [-0.39, 0.29) is 23.6 Å². The molecule has 1 saturated heterocycles. The summed E-state index contributed by atoms with van der Waals surface area (Å²) in [6.07, 6.45) is 1.38. The van der Waals surface area contributed by atoms with Gasteiger partial charge in [0, 0.05) is 36.8 Å². The monoisotopic (exact) mass is 432 g/mol. The summed E-state index contributed by atoms with van der Waals surface area (Å²) in [5, 5.41) is 2.20. The second-order valence-corrected chi connectivity index (χ2v) is 8.05. The van der Waals surface area contributed by atoms with Crippen LogP contribution in [0.15, 0.2) is 48.1 Å². The number of benzene rings is 1. The van der Waals surface area contributed by atoms with Crippen LogP contribution in [0.2, 0.25) is 5.02 Å². The SMILES string of the molecule is CC1CN(c2cc(Oc3ccc(Cl)cc3F)ncn2)CCN1C(=O)c1cccs1. The van der Waals surface area contributed by atoms with Crippen molar-refractivity contribution in [2.24, 2.45) is 0 Å². The predicted molar refractivity (Wildman–Crippen MR) is 111 cm³/mol. The number of thiophene rings is 1. The van der Waals surface area contributed by atoms with Crippen molar-refractivity contribution in [2.45, 2.75) is 13.0 Å². The van der Waals surface area contributed by atoms with Crippen LogP contribution in [-0.2, 0) is 0 Å². The van der Waals surface area contributed by atoms with Gasteiger partial charge in [-0.15, -0.1) is 11.3 Å². The molecule has 1 aliphatic rings. The first kappa shape index (κ1) is 19.6. The second-order valence-electron chi connectivity index (χ2n) is 6.66. The lowest BCUT2D eigenvalue weighted by Crippen LogP contribution is -2.54. The first-order valence-corrected chi connectivity index (χ1v) is 10.3. The number of hydrogen-bond acceptors (Lipinski definition) is 6. The van der Waals surface area contributed by atoms with Gasteiger partial charge in [0.1, 0.15) is 12.1 Å². The first-order valence-electron chi connectivity index (χ1n) is 9.05. The van der Waals surface area contributed by atoms with E-state index in [4.69, 9.17) is 16.3 Å². The molecule has 9 heteroatoms. The highest BCUT2D eigenvalue weighted by atomic mass is 35.5. The topological polar surface area (TPSA) is 58.6 Å². The molecule has 1 fully saturated rings. The van der Waals surface area contributed by atoms with E-state index in [9.17, 15) is 9.18 Å². The Hall–Kier alpha value is -2.71. The van der Waals surface area contributed by atoms with Crippen molar-refractivity contribution in [3.05, 3.63) is 63.8 Å². The van der Waals surface area contributed by atoms with Gasteiger partial charge < -0.3 is 14.5 Å². The zero-order valence-corrected chi connectivity index (χ0v) is 17.2. The van der Waals surface area contributed by atoms with Crippen LogP contribution in [0.4, 0.5) is 10.2 Å². The summed E-state index contributed by atoms with van der Waals surface area (Å²) in [7, 11) is 0. The molecule has 4 rings (SSSR count). The molecule has 1 aromatic carbocycles. The number of halogens is 2. The van der Waals surface area contributed by atoms with E-state index >= 15 is 0 Å². The van der Waals surface area contributed by atoms with Crippen molar-refractivity contribution in [3.63, 3.8) is 0 Å². The number of anilines is 1. The van der Waals surface area contributed by atoms with Gasteiger partial charge in [-0.3, -0.25) is 4.79 Å². The van der Waals surface area contributed by atoms with E-state index in [1.54, 1.807) is 12.1 Å². The molecule has 1 atom stereocenters. The van der Waals surface area contributed by atoms with Crippen molar-refractivity contribution in [2.75, 3.05) is 24.5 Å². The van der Waals surface area contributed by atoms with Gasteiger partial charge in [-0.05, 0) is 36.6 Å². The second kappa shape index (κ2) is 8.34. The smallest absolute Gasteiger partial charge is 0.264 e. The molecule has 2 aromatic heterocycles. The quantitative estimate of drug-likeness (QED) is 0.608. The van der Waals surface area contributed by atoms with Crippen LogP contribution >= 0.6 is 22.9 Å². The maximum Gasteiger partial charge on any atom is 0.264 e. The number of carbonyl (C=O) groups excluding carboxylic acids is 1. The Morgan fingerprint density at radius 3 is 2.86 bits per heavy atom. The molecule has 0 saturated carbocycles. The molecule has 150 valence electrons. The summed E-state index contributed by atoms with van der Waals surface area (Å²) in [5.41, 5.74) is 0. The number of hydrogen-bond donors (Lipinski definition) is 0. The lowest BCUT2D eigenvalue weighted by Gasteiger charge is -2.40. The molecule has 0 N–H and O–H groups in total. The van der Waals surface area contributed by atoms with E-state index in [0.29, 0.717) is 30.5 Å². The molecule has 1 amide bonds. The van der Waals surface area contributed by atoms with Crippen LogP contribution in [0.25, 0.3) is 0 Å². The van der Waals surface area contributed by atoms with Crippen molar-refractivity contribution in [3.8, 4) is 11.6 Å². The Bertz CT molecular complexity index is 1020. The number of aromatic nitrogens is 2. The molecule has 3 aromatic rings. The highest BCUT2D eigenvalue weighted by Crippen LogP contribution is 2.28. The van der Waals surface area contributed by atoms with Crippen molar-refractivity contribution in [1.29, 1.82) is 0 Å². The molecule has 1 unspecified atom stereocenters. The normalized spacial score (nSPS) is 16.7. The fourth-order valence-electron chi connectivity index (χ4n) is 3.24. The predicted octanol–water partition coefficient (Wildman–Crippen LogP) is 4.47. The van der Waals surface area contributed by atoms with Crippen LogP contribution in [0.1, 0.15) is 16.6 Å². The summed E-state index contributed by atoms with van der Waals surface area (Å²) in [4.78, 5) is 25.7. The minimum absolute atomic E-state index is 0.0198. The Kier molecular flexibility index (Phi) is 5.64. The minimum atomic E-state index is -0.563. The molecule has 0 spiro atoms. The van der Waals surface area contributed by atoms with Gasteiger partial charge in [0.2, 0.25) is 5.88 Å². The third-order valence-electron chi connectivity index (χ3n) is 4.68. The third kappa shape index (κ3) is 4.33. The summed E-state index contributed by atoms with van der Waals surface area (Å²) in [5.74, 6) is 0.434. The van der Waals surface area contributed by atoms with Crippen LogP contribution in [0, 0.1) is 5.82 Å². The van der Waals surface area contributed by atoms with Gasteiger partial charge in [0.05, 0.1) is 4.88 Å². The fraction of sp³-hybridized carbons (Fsp3) is 0.250. The van der Waals surface area contributed by atoms with Crippen LogP contribution in [0.5, 0.6) is 11.6 Å². The number of ether oxygens (including phenoxy) is 1.